The lowest BCUT2D eigenvalue weighted by Crippen LogP contribution is -2.06. The Labute approximate surface area is 80.3 Å². The van der Waals surface area contributed by atoms with Gasteiger partial charge in [0.1, 0.15) is 5.69 Å². The van der Waals surface area contributed by atoms with Crippen LogP contribution in [0, 0.1) is 0 Å². The van der Waals surface area contributed by atoms with Crippen LogP contribution < -0.4 is 0 Å². The van der Waals surface area contributed by atoms with Gasteiger partial charge >= 0.3 is 11.9 Å². The highest BCUT2D eigenvalue weighted by atomic mass is 16.5. The molecule has 0 saturated heterocycles. The van der Waals surface area contributed by atoms with Crippen LogP contribution in [0.1, 0.15) is 16.1 Å². The minimum absolute atomic E-state index is 0.0429. The number of nitrogens with zero attached hydrogens (tertiary/aromatic N) is 1. The first kappa shape index (κ1) is 10.2. The lowest BCUT2D eigenvalue weighted by atomic mass is 10.2. The Morgan fingerprint density at radius 2 is 2.21 bits per heavy atom. The van der Waals surface area contributed by atoms with E-state index >= 15 is 0 Å². The van der Waals surface area contributed by atoms with Gasteiger partial charge in [0.05, 0.1) is 13.5 Å². The predicted molar refractivity (Wildman–Crippen MR) is 46.9 cm³/mol. The number of carbonyl (C=O) groups excluding carboxylic acids is 1. The predicted octanol–water partition coefficient (Wildman–Crippen LogP) is 0.495. The Kier molecular flexibility index (Phi) is 3.17. The molecule has 0 saturated carbocycles. The van der Waals surface area contributed by atoms with Gasteiger partial charge in [0.15, 0.2) is 0 Å². The molecule has 0 fully saturated rings. The molecule has 1 rings (SSSR count). The van der Waals surface area contributed by atoms with Crippen LogP contribution in [0.5, 0.6) is 0 Å². The largest absolute Gasteiger partial charge is 0.477 e. The van der Waals surface area contributed by atoms with Crippen molar-refractivity contribution in [2.24, 2.45) is 0 Å². The fraction of sp³-hybridized carbons (Fsp3) is 0.222. The van der Waals surface area contributed by atoms with E-state index < -0.39 is 5.97 Å². The quantitative estimate of drug-likeness (QED) is 0.710. The average Bonchev–Trinajstić information content (AvgIpc) is 2.18. The molecule has 0 spiro atoms. The Morgan fingerprint density at radius 1 is 1.50 bits per heavy atom. The van der Waals surface area contributed by atoms with E-state index in [1.165, 1.54) is 25.4 Å². The van der Waals surface area contributed by atoms with Crippen molar-refractivity contribution in [3.05, 3.63) is 29.6 Å². The Balaban J connectivity index is 2.73. The SMILES string of the molecule is COC(=O)Cc1ccc(C(=O)O)nc1. The van der Waals surface area contributed by atoms with Crippen LogP contribution in [-0.2, 0) is 16.0 Å². The van der Waals surface area contributed by atoms with E-state index in [2.05, 4.69) is 9.72 Å². The molecule has 0 aliphatic heterocycles. The van der Waals surface area contributed by atoms with Crippen molar-refractivity contribution >= 4 is 11.9 Å². The first-order valence-corrected chi connectivity index (χ1v) is 3.88. The third-order valence-corrected chi connectivity index (χ3v) is 1.62. The van der Waals surface area contributed by atoms with Crippen molar-refractivity contribution < 1.29 is 19.4 Å². The molecule has 0 atom stereocenters. The number of aromatic carboxylic acids is 1. The fourth-order valence-corrected chi connectivity index (χ4v) is 0.894. The minimum atomic E-state index is -1.09. The second-order valence-electron chi connectivity index (χ2n) is 2.61. The van der Waals surface area contributed by atoms with Gasteiger partial charge in [-0.1, -0.05) is 6.07 Å². The van der Waals surface area contributed by atoms with E-state index in [1.807, 2.05) is 0 Å². The number of hydrogen-bond acceptors (Lipinski definition) is 4. The van der Waals surface area contributed by atoms with Crippen molar-refractivity contribution in [1.29, 1.82) is 0 Å². The second-order valence-corrected chi connectivity index (χ2v) is 2.61. The number of rotatable bonds is 3. The van der Waals surface area contributed by atoms with Crippen molar-refractivity contribution in [2.75, 3.05) is 7.11 Å². The van der Waals surface area contributed by atoms with Crippen LogP contribution in [0.15, 0.2) is 18.3 Å². The molecule has 0 aliphatic carbocycles. The molecule has 0 aliphatic rings. The van der Waals surface area contributed by atoms with E-state index in [0.29, 0.717) is 5.56 Å². The van der Waals surface area contributed by atoms with Gasteiger partial charge in [-0.25, -0.2) is 9.78 Å². The first-order valence-electron chi connectivity index (χ1n) is 3.88. The van der Waals surface area contributed by atoms with Gasteiger partial charge in [0.2, 0.25) is 0 Å². The third kappa shape index (κ3) is 2.55. The molecule has 1 aromatic heterocycles. The van der Waals surface area contributed by atoms with E-state index in [9.17, 15) is 9.59 Å². The maximum absolute atomic E-state index is 10.8. The average molecular weight is 195 g/mol. The van der Waals surface area contributed by atoms with E-state index in [0.717, 1.165) is 0 Å². The van der Waals surface area contributed by atoms with E-state index in [-0.39, 0.29) is 18.1 Å². The van der Waals surface area contributed by atoms with Crippen LogP contribution in [0.4, 0.5) is 0 Å². The topological polar surface area (TPSA) is 76.5 Å². The lowest BCUT2D eigenvalue weighted by Gasteiger charge is -1.99. The number of methoxy groups -OCH3 is 1. The summed E-state index contributed by atoms with van der Waals surface area (Å²) in [7, 11) is 1.29. The smallest absolute Gasteiger partial charge is 0.354 e. The normalized spacial score (nSPS) is 9.50. The third-order valence-electron chi connectivity index (χ3n) is 1.62. The summed E-state index contributed by atoms with van der Waals surface area (Å²) in [5, 5.41) is 8.55. The number of esters is 1. The van der Waals surface area contributed by atoms with Gasteiger partial charge in [-0.3, -0.25) is 4.79 Å². The van der Waals surface area contributed by atoms with Gasteiger partial charge in [0, 0.05) is 6.20 Å². The van der Waals surface area contributed by atoms with Crippen LogP contribution in [0.3, 0.4) is 0 Å². The van der Waals surface area contributed by atoms with Crippen LogP contribution in [0.2, 0.25) is 0 Å². The van der Waals surface area contributed by atoms with Crippen LogP contribution in [-0.4, -0.2) is 29.1 Å². The number of carbonyl (C=O) groups is 2. The summed E-state index contributed by atoms with van der Waals surface area (Å²) >= 11 is 0. The minimum Gasteiger partial charge on any atom is -0.477 e. The molecular formula is C9H9NO4. The number of pyridine rings is 1. The molecule has 5 heteroatoms. The number of ether oxygens (including phenoxy) is 1. The van der Waals surface area contributed by atoms with Crippen LogP contribution in [0.25, 0.3) is 0 Å². The van der Waals surface area contributed by atoms with Gasteiger partial charge in [0.25, 0.3) is 0 Å². The zero-order valence-electron chi connectivity index (χ0n) is 7.56. The maximum atomic E-state index is 10.8. The van der Waals surface area contributed by atoms with Gasteiger partial charge < -0.3 is 9.84 Å². The molecule has 5 nitrogen and oxygen atoms in total. The Morgan fingerprint density at radius 3 is 2.64 bits per heavy atom. The molecule has 0 unspecified atom stereocenters. The maximum Gasteiger partial charge on any atom is 0.354 e. The fourth-order valence-electron chi connectivity index (χ4n) is 0.894. The monoisotopic (exact) mass is 195 g/mol. The van der Waals surface area contributed by atoms with E-state index in [1.54, 1.807) is 0 Å². The second kappa shape index (κ2) is 4.36. The van der Waals surface area contributed by atoms with Crippen molar-refractivity contribution in [1.82, 2.24) is 4.98 Å². The molecule has 1 heterocycles. The molecule has 0 radical (unpaired) electrons. The summed E-state index contributed by atoms with van der Waals surface area (Å²) in [6.45, 7) is 0. The Hall–Kier alpha value is -1.91. The Bertz CT molecular complexity index is 344. The van der Waals surface area contributed by atoms with Crippen molar-refractivity contribution in [3.8, 4) is 0 Å². The highest BCUT2D eigenvalue weighted by Crippen LogP contribution is 2.02. The lowest BCUT2D eigenvalue weighted by molar-refractivity contribution is -0.139. The number of carboxylic acids is 1. The molecule has 74 valence electrons. The molecule has 0 bridgehead atoms. The van der Waals surface area contributed by atoms with Crippen molar-refractivity contribution in [3.63, 3.8) is 0 Å². The highest BCUT2D eigenvalue weighted by Gasteiger charge is 2.06. The summed E-state index contributed by atoms with van der Waals surface area (Å²) in [6, 6.07) is 2.88. The summed E-state index contributed by atoms with van der Waals surface area (Å²) in [5.41, 5.74) is 0.584. The zero-order chi connectivity index (χ0) is 10.6. The standard InChI is InChI=1S/C9H9NO4/c1-14-8(11)4-6-2-3-7(9(12)13)10-5-6/h2-3,5H,4H2,1H3,(H,12,13). The van der Waals surface area contributed by atoms with E-state index in [4.69, 9.17) is 5.11 Å². The number of carboxylic acid groups (broad SMARTS) is 1. The van der Waals surface area contributed by atoms with Crippen LogP contribution >= 0.6 is 0 Å². The molecule has 1 aromatic rings. The summed E-state index contributed by atoms with van der Waals surface area (Å²) < 4.78 is 4.45. The number of aromatic nitrogens is 1. The molecule has 14 heavy (non-hydrogen) atoms. The van der Waals surface area contributed by atoms with Crippen molar-refractivity contribution in [2.45, 2.75) is 6.42 Å². The molecule has 1 N–H and O–H groups in total. The summed E-state index contributed by atoms with van der Waals surface area (Å²) in [4.78, 5) is 24.9. The molecule has 0 amide bonds. The van der Waals surface area contributed by atoms with Gasteiger partial charge in [-0.05, 0) is 11.6 Å². The van der Waals surface area contributed by atoms with Gasteiger partial charge in [-0.2, -0.15) is 0 Å². The highest BCUT2D eigenvalue weighted by molar-refractivity contribution is 5.85. The number of hydrogen-bond donors (Lipinski definition) is 1. The summed E-state index contributed by atoms with van der Waals surface area (Å²) in [5.74, 6) is -1.47. The van der Waals surface area contributed by atoms with Gasteiger partial charge in [-0.15, -0.1) is 0 Å². The zero-order valence-corrected chi connectivity index (χ0v) is 7.56. The molecule has 0 aromatic carbocycles. The molecular weight excluding hydrogens is 186 g/mol. The first-order chi connectivity index (χ1) is 6.63. The summed E-state index contributed by atoms with van der Waals surface area (Å²) in [6.07, 6.45) is 1.45.